The van der Waals surface area contributed by atoms with Gasteiger partial charge in [0.25, 0.3) is 0 Å². The van der Waals surface area contributed by atoms with E-state index in [2.05, 4.69) is 11.1 Å². The summed E-state index contributed by atoms with van der Waals surface area (Å²) in [5.41, 5.74) is 4.13. The first-order valence-corrected chi connectivity index (χ1v) is 13.0. The fraction of sp³-hybridized carbons (Fsp3) is 0.250. The van der Waals surface area contributed by atoms with Crippen molar-refractivity contribution in [1.82, 2.24) is 14.8 Å². The Morgan fingerprint density at radius 2 is 1.62 bits per heavy atom. The first-order chi connectivity index (χ1) is 19.1. The second kappa shape index (κ2) is 14.0. The molecule has 2 amide bonds. The Labute approximate surface area is 229 Å². The quantitative estimate of drug-likeness (QED) is 0.251. The Morgan fingerprint density at radius 3 is 2.36 bits per heavy atom. The lowest BCUT2D eigenvalue weighted by molar-refractivity contribution is -0.139. The molecule has 0 saturated heterocycles. The van der Waals surface area contributed by atoms with E-state index < -0.39 is 0 Å². The Kier molecular flexibility index (Phi) is 9.92. The molecule has 202 valence electrons. The topological polar surface area (TPSA) is 74.9 Å². The molecular formula is C32H35N3O4. The lowest BCUT2D eigenvalue weighted by Gasteiger charge is -2.27. The number of fused-ring (bicyclic) bond motifs is 1. The van der Waals surface area contributed by atoms with E-state index in [1.165, 1.54) is 11.0 Å². The first-order valence-electron chi connectivity index (χ1n) is 13.0. The molecule has 0 aliphatic heterocycles. The van der Waals surface area contributed by atoms with Gasteiger partial charge in [-0.25, -0.2) is 0 Å². The van der Waals surface area contributed by atoms with E-state index in [0.717, 1.165) is 33.3 Å². The lowest BCUT2D eigenvalue weighted by atomic mass is 10.1. The van der Waals surface area contributed by atoms with Gasteiger partial charge in [0.1, 0.15) is 12.3 Å². The molecule has 1 N–H and O–H groups in total. The fourth-order valence-electron chi connectivity index (χ4n) is 4.41. The standard InChI is InChI=1S/C32H35N3O4/c1-38-21-20-35(31(36)17-14-25-8-4-3-5-9-25)24-32(37)34(23-26-12-15-28(39-2)16-13-26)19-18-27-22-33-30-11-7-6-10-29(27)30/h3-17,22,33H,18-21,23-24H2,1-2H3/b17-14+. The molecule has 4 rings (SSSR count). The third kappa shape index (κ3) is 7.82. The smallest absolute Gasteiger partial charge is 0.247 e. The number of amides is 2. The van der Waals surface area contributed by atoms with Crippen molar-refractivity contribution in [2.75, 3.05) is 40.5 Å². The van der Waals surface area contributed by atoms with Gasteiger partial charge in [0.2, 0.25) is 11.8 Å². The summed E-state index contributed by atoms with van der Waals surface area (Å²) < 4.78 is 10.5. The summed E-state index contributed by atoms with van der Waals surface area (Å²) in [7, 11) is 3.21. The van der Waals surface area contributed by atoms with Crippen molar-refractivity contribution in [2.45, 2.75) is 13.0 Å². The molecule has 0 spiro atoms. The molecule has 0 unspecified atom stereocenters. The van der Waals surface area contributed by atoms with E-state index >= 15 is 0 Å². The predicted molar refractivity (Wildman–Crippen MR) is 154 cm³/mol. The van der Waals surface area contributed by atoms with Gasteiger partial charge in [-0.1, -0.05) is 60.7 Å². The van der Waals surface area contributed by atoms with Crippen molar-refractivity contribution in [3.63, 3.8) is 0 Å². The maximum absolute atomic E-state index is 13.7. The molecule has 0 saturated carbocycles. The Balaban J connectivity index is 1.51. The fourth-order valence-corrected chi connectivity index (χ4v) is 4.41. The van der Waals surface area contributed by atoms with Crippen LogP contribution in [-0.2, 0) is 27.3 Å². The van der Waals surface area contributed by atoms with Gasteiger partial charge >= 0.3 is 0 Å². The number of hydrogen-bond acceptors (Lipinski definition) is 4. The highest BCUT2D eigenvalue weighted by molar-refractivity contribution is 5.94. The zero-order valence-corrected chi connectivity index (χ0v) is 22.5. The van der Waals surface area contributed by atoms with Gasteiger partial charge in [-0.3, -0.25) is 9.59 Å². The average molecular weight is 526 g/mol. The van der Waals surface area contributed by atoms with Crippen molar-refractivity contribution < 1.29 is 19.1 Å². The third-order valence-corrected chi connectivity index (χ3v) is 6.63. The molecule has 3 aromatic carbocycles. The van der Waals surface area contributed by atoms with Gasteiger partial charge in [-0.15, -0.1) is 0 Å². The molecule has 1 aromatic heterocycles. The number of ether oxygens (including phenoxy) is 2. The van der Waals surface area contributed by atoms with E-state index in [1.807, 2.05) is 83.9 Å². The number of H-pyrrole nitrogens is 1. The minimum Gasteiger partial charge on any atom is -0.497 e. The van der Waals surface area contributed by atoms with E-state index in [0.29, 0.717) is 32.7 Å². The number of nitrogens with zero attached hydrogens (tertiary/aromatic N) is 2. The highest BCUT2D eigenvalue weighted by atomic mass is 16.5. The van der Waals surface area contributed by atoms with Gasteiger partial charge in [0.05, 0.1) is 13.7 Å². The summed E-state index contributed by atoms with van der Waals surface area (Å²) in [5.74, 6) is 0.408. The SMILES string of the molecule is COCCN(CC(=O)N(CCc1c[nH]c2ccccc12)Cc1ccc(OC)cc1)C(=O)/C=C/c1ccccc1. The van der Waals surface area contributed by atoms with Crippen LogP contribution in [-0.4, -0.2) is 67.1 Å². The third-order valence-electron chi connectivity index (χ3n) is 6.63. The number of nitrogens with one attached hydrogen (secondary N) is 1. The number of hydrogen-bond donors (Lipinski definition) is 1. The number of carbonyl (C=O) groups excluding carboxylic acids is 2. The Morgan fingerprint density at radius 1 is 0.872 bits per heavy atom. The average Bonchev–Trinajstić information content (AvgIpc) is 3.40. The summed E-state index contributed by atoms with van der Waals surface area (Å²) in [5, 5.41) is 1.15. The van der Waals surface area contributed by atoms with Gasteiger partial charge in [-0.2, -0.15) is 0 Å². The monoisotopic (exact) mass is 525 g/mol. The van der Waals surface area contributed by atoms with Crippen LogP contribution in [0.1, 0.15) is 16.7 Å². The molecule has 0 radical (unpaired) electrons. The van der Waals surface area contributed by atoms with Crippen LogP contribution in [0.5, 0.6) is 5.75 Å². The van der Waals surface area contributed by atoms with Crippen LogP contribution < -0.4 is 4.74 Å². The minimum absolute atomic E-state index is 0.0363. The van der Waals surface area contributed by atoms with Crippen LogP contribution in [0.4, 0.5) is 0 Å². The first kappa shape index (κ1) is 27.7. The van der Waals surface area contributed by atoms with Crippen LogP contribution in [0.3, 0.4) is 0 Å². The maximum Gasteiger partial charge on any atom is 0.247 e. The van der Waals surface area contributed by atoms with E-state index in [4.69, 9.17) is 9.47 Å². The van der Waals surface area contributed by atoms with Crippen molar-refractivity contribution in [1.29, 1.82) is 0 Å². The molecule has 0 fully saturated rings. The molecule has 0 atom stereocenters. The van der Waals surface area contributed by atoms with E-state index in [1.54, 1.807) is 20.3 Å². The summed E-state index contributed by atoms with van der Waals surface area (Å²) in [6, 6.07) is 25.5. The van der Waals surface area contributed by atoms with Crippen molar-refractivity contribution >= 4 is 28.8 Å². The van der Waals surface area contributed by atoms with Crippen molar-refractivity contribution in [3.8, 4) is 5.75 Å². The highest BCUT2D eigenvalue weighted by Crippen LogP contribution is 2.19. The molecule has 7 heteroatoms. The van der Waals surface area contributed by atoms with Gasteiger partial charge in [-0.05, 0) is 47.4 Å². The molecule has 1 heterocycles. The number of carbonyl (C=O) groups is 2. The molecular weight excluding hydrogens is 490 g/mol. The van der Waals surface area contributed by atoms with Gasteiger partial charge < -0.3 is 24.3 Å². The molecule has 0 aliphatic carbocycles. The Bertz CT molecular complexity index is 1380. The molecule has 0 bridgehead atoms. The summed E-state index contributed by atoms with van der Waals surface area (Å²) in [6.45, 7) is 1.56. The molecule has 0 aliphatic rings. The second-order valence-electron chi connectivity index (χ2n) is 9.27. The van der Waals surface area contributed by atoms with Crippen LogP contribution in [0.2, 0.25) is 0 Å². The highest BCUT2D eigenvalue weighted by Gasteiger charge is 2.21. The molecule has 39 heavy (non-hydrogen) atoms. The number of aromatic nitrogens is 1. The summed E-state index contributed by atoms with van der Waals surface area (Å²) in [4.78, 5) is 33.4. The van der Waals surface area contributed by atoms with E-state index in [9.17, 15) is 9.59 Å². The largest absolute Gasteiger partial charge is 0.497 e. The van der Waals surface area contributed by atoms with Crippen molar-refractivity contribution in [3.05, 3.63) is 108 Å². The zero-order valence-electron chi connectivity index (χ0n) is 22.5. The summed E-state index contributed by atoms with van der Waals surface area (Å²) in [6.07, 6.45) is 5.96. The van der Waals surface area contributed by atoms with Crippen LogP contribution in [0.15, 0.2) is 91.1 Å². The van der Waals surface area contributed by atoms with Crippen LogP contribution in [0.25, 0.3) is 17.0 Å². The summed E-state index contributed by atoms with van der Waals surface area (Å²) >= 11 is 0. The van der Waals surface area contributed by atoms with Gasteiger partial charge in [0.15, 0.2) is 0 Å². The van der Waals surface area contributed by atoms with Crippen LogP contribution in [0, 0.1) is 0 Å². The number of methoxy groups -OCH3 is 2. The number of benzene rings is 3. The number of aromatic amines is 1. The second-order valence-corrected chi connectivity index (χ2v) is 9.27. The van der Waals surface area contributed by atoms with Crippen LogP contribution >= 0.6 is 0 Å². The predicted octanol–water partition coefficient (Wildman–Crippen LogP) is 4.94. The lowest BCUT2D eigenvalue weighted by Crippen LogP contribution is -2.44. The molecule has 7 nitrogen and oxygen atoms in total. The number of para-hydroxylation sites is 1. The number of rotatable bonds is 13. The molecule has 4 aromatic rings. The normalized spacial score (nSPS) is 11.1. The zero-order chi connectivity index (χ0) is 27.5. The van der Waals surface area contributed by atoms with Gasteiger partial charge in [0, 0.05) is 49.9 Å². The Hall–Kier alpha value is -4.36. The maximum atomic E-state index is 13.7. The van der Waals surface area contributed by atoms with Crippen molar-refractivity contribution in [2.24, 2.45) is 0 Å². The van der Waals surface area contributed by atoms with E-state index in [-0.39, 0.29) is 18.4 Å². The minimum atomic E-state index is -0.231.